The minimum Gasteiger partial charge on any atom is -0.494 e. The molecule has 4 rings (SSSR count). The quantitative estimate of drug-likeness (QED) is 0.582. The van der Waals surface area contributed by atoms with Gasteiger partial charge in [-0.1, -0.05) is 11.6 Å². The van der Waals surface area contributed by atoms with E-state index in [4.69, 9.17) is 21.1 Å². The van der Waals surface area contributed by atoms with E-state index < -0.39 is 5.60 Å². The van der Waals surface area contributed by atoms with Crippen LogP contribution in [0.5, 0.6) is 5.75 Å². The highest BCUT2D eigenvalue weighted by Gasteiger charge is 2.29. The number of halogens is 1. The van der Waals surface area contributed by atoms with Crippen LogP contribution in [-0.4, -0.2) is 56.2 Å². The second kappa shape index (κ2) is 8.07. The van der Waals surface area contributed by atoms with Crippen molar-refractivity contribution < 1.29 is 14.3 Å². The molecule has 0 saturated carbocycles. The molecule has 1 fully saturated rings. The Morgan fingerprint density at radius 1 is 1.19 bits per heavy atom. The summed E-state index contributed by atoms with van der Waals surface area (Å²) in [5, 5.41) is 9.54. The van der Waals surface area contributed by atoms with E-state index in [1.807, 2.05) is 39.2 Å². The monoisotopic (exact) mass is 445 g/mol. The molecule has 0 spiro atoms. The zero-order chi connectivity index (χ0) is 22.3. The van der Waals surface area contributed by atoms with Crippen molar-refractivity contribution in [1.82, 2.24) is 24.3 Å². The number of methoxy groups -OCH3 is 1. The van der Waals surface area contributed by atoms with Gasteiger partial charge in [-0.3, -0.25) is 4.68 Å². The number of likely N-dealkylation sites (tertiary alicyclic amines) is 1. The average molecular weight is 446 g/mol. The van der Waals surface area contributed by atoms with E-state index in [-0.39, 0.29) is 12.1 Å². The Hall–Kier alpha value is -2.74. The summed E-state index contributed by atoms with van der Waals surface area (Å²) in [4.78, 5) is 14.1. The third kappa shape index (κ3) is 4.21. The van der Waals surface area contributed by atoms with Crippen molar-refractivity contribution in [3.63, 3.8) is 0 Å². The number of hydrogen-bond acceptors (Lipinski definition) is 5. The number of carbonyl (C=O) groups is 1. The van der Waals surface area contributed by atoms with Crippen LogP contribution in [0, 0.1) is 6.92 Å². The number of pyridine rings is 1. The molecule has 3 aromatic rings. The number of amides is 1. The number of aromatic nitrogens is 4. The predicted octanol–water partition coefficient (Wildman–Crippen LogP) is 4.74. The van der Waals surface area contributed by atoms with Gasteiger partial charge in [0.1, 0.15) is 16.9 Å². The van der Waals surface area contributed by atoms with Crippen LogP contribution in [0.4, 0.5) is 4.79 Å². The lowest BCUT2D eigenvalue weighted by atomic mass is 10.0. The van der Waals surface area contributed by atoms with E-state index in [0.29, 0.717) is 23.9 Å². The van der Waals surface area contributed by atoms with Gasteiger partial charge < -0.3 is 14.4 Å². The highest BCUT2D eigenvalue weighted by Crippen LogP contribution is 2.34. The predicted molar refractivity (Wildman–Crippen MR) is 119 cm³/mol. The maximum Gasteiger partial charge on any atom is 0.410 e. The topological polar surface area (TPSA) is 73.9 Å². The molecule has 0 atom stereocenters. The van der Waals surface area contributed by atoms with Gasteiger partial charge in [0.15, 0.2) is 0 Å². The molecular formula is C22H28ClN5O3. The molecule has 31 heavy (non-hydrogen) atoms. The fourth-order valence-electron chi connectivity index (χ4n) is 4.05. The summed E-state index contributed by atoms with van der Waals surface area (Å²) in [5.41, 5.74) is 3.30. The molecule has 0 unspecified atom stereocenters. The Balaban J connectivity index is 1.53. The van der Waals surface area contributed by atoms with Crippen LogP contribution < -0.4 is 4.74 Å². The van der Waals surface area contributed by atoms with Crippen LogP contribution in [0.25, 0.3) is 16.6 Å². The molecular weight excluding hydrogens is 418 g/mol. The smallest absolute Gasteiger partial charge is 0.410 e. The first-order chi connectivity index (χ1) is 14.7. The molecule has 0 aromatic carbocycles. The summed E-state index contributed by atoms with van der Waals surface area (Å²) in [7, 11) is 1.62. The number of ether oxygens (including phenoxy) is 2. The Morgan fingerprint density at radius 3 is 2.55 bits per heavy atom. The van der Waals surface area contributed by atoms with E-state index in [1.54, 1.807) is 22.7 Å². The standard InChI is InChI=1S/C22H28ClN5O3/c1-14-17(15-10-19(30-5)20-18(23)12-24-27(20)13-15)11-25-28(14)16-6-8-26(9-7-16)21(29)31-22(2,3)4/h10-13,16H,6-9H2,1-5H3. The average Bonchev–Trinajstić information content (AvgIpc) is 3.29. The lowest BCUT2D eigenvalue weighted by Crippen LogP contribution is -2.42. The third-order valence-electron chi connectivity index (χ3n) is 5.57. The van der Waals surface area contributed by atoms with E-state index in [2.05, 4.69) is 21.8 Å². The zero-order valence-corrected chi connectivity index (χ0v) is 19.3. The second-order valence-corrected chi connectivity index (χ2v) is 9.28. The Morgan fingerprint density at radius 2 is 1.90 bits per heavy atom. The van der Waals surface area contributed by atoms with Crippen molar-refractivity contribution in [1.29, 1.82) is 0 Å². The summed E-state index contributed by atoms with van der Waals surface area (Å²) in [6, 6.07) is 2.19. The van der Waals surface area contributed by atoms with E-state index >= 15 is 0 Å². The molecule has 1 amide bonds. The minimum atomic E-state index is -0.484. The van der Waals surface area contributed by atoms with Crippen LogP contribution in [0.15, 0.2) is 24.7 Å². The van der Waals surface area contributed by atoms with Crippen molar-refractivity contribution in [3.05, 3.63) is 35.4 Å². The summed E-state index contributed by atoms with van der Waals surface area (Å²) in [6.07, 6.45) is 6.83. The first-order valence-corrected chi connectivity index (χ1v) is 10.8. The van der Waals surface area contributed by atoms with E-state index in [1.165, 1.54) is 0 Å². The number of hydrogen-bond donors (Lipinski definition) is 0. The van der Waals surface area contributed by atoms with E-state index in [9.17, 15) is 4.79 Å². The van der Waals surface area contributed by atoms with Gasteiger partial charge in [0, 0.05) is 36.1 Å². The Kier molecular flexibility index (Phi) is 5.60. The van der Waals surface area contributed by atoms with Crippen LogP contribution in [0.2, 0.25) is 5.02 Å². The number of rotatable bonds is 3. The molecule has 4 heterocycles. The zero-order valence-electron chi connectivity index (χ0n) is 18.6. The molecule has 0 radical (unpaired) electrons. The van der Waals surface area contributed by atoms with Gasteiger partial charge in [0.05, 0.1) is 30.6 Å². The lowest BCUT2D eigenvalue weighted by molar-refractivity contribution is 0.0184. The molecule has 0 N–H and O–H groups in total. The van der Waals surface area contributed by atoms with Gasteiger partial charge in [-0.05, 0) is 46.6 Å². The molecule has 1 aliphatic rings. The number of carbonyl (C=O) groups excluding carboxylic acids is 1. The highest BCUT2D eigenvalue weighted by atomic mass is 35.5. The minimum absolute atomic E-state index is 0.234. The number of fused-ring (bicyclic) bond motifs is 1. The summed E-state index contributed by atoms with van der Waals surface area (Å²) < 4.78 is 14.8. The maximum absolute atomic E-state index is 12.3. The van der Waals surface area contributed by atoms with Gasteiger partial charge in [-0.25, -0.2) is 9.31 Å². The SMILES string of the molecule is COc1cc(-c2cnn(C3CCN(C(=O)OC(C)(C)C)CC3)c2C)cn2ncc(Cl)c12. The third-order valence-corrected chi connectivity index (χ3v) is 5.85. The van der Waals surface area contributed by atoms with Crippen molar-refractivity contribution in [3.8, 4) is 16.9 Å². The number of piperidine rings is 1. The van der Waals surface area contributed by atoms with Crippen LogP contribution in [0.3, 0.4) is 0 Å². The summed E-state index contributed by atoms with van der Waals surface area (Å²) in [6.45, 7) is 9.02. The molecule has 0 bridgehead atoms. The fraction of sp³-hybridized carbons (Fsp3) is 0.500. The van der Waals surface area contributed by atoms with Crippen molar-refractivity contribution in [2.24, 2.45) is 0 Å². The summed E-state index contributed by atoms with van der Waals surface area (Å²) >= 11 is 6.24. The van der Waals surface area contributed by atoms with Crippen molar-refractivity contribution >= 4 is 23.2 Å². The fourth-order valence-corrected chi connectivity index (χ4v) is 4.27. The molecule has 1 aliphatic heterocycles. The molecule has 166 valence electrons. The maximum atomic E-state index is 12.3. The van der Waals surface area contributed by atoms with Crippen molar-refractivity contribution in [2.45, 2.75) is 52.2 Å². The van der Waals surface area contributed by atoms with Crippen LogP contribution in [-0.2, 0) is 4.74 Å². The molecule has 8 nitrogen and oxygen atoms in total. The molecule has 1 saturated heterocycles. The Labute approximate surface area is 186 Å². The van der Waals surface area contributed by atoms with Crippen molar-refractivity contribution in [2.75, 3.05) is 20.2 Å². The van der Waals surface area contributed by atoms with Gasteiger partial charge in [0.25, 0.3) is 0 Å². The van der Waals surface area contributed by atoms with Gasteiger partial charge in [0.2, 0.25) is 0 Å². The largest absolute Gasteiger partial charge is 0.494 e. The van der Waals surface area contributed by atoms with E-state index in [0.717, 1.165) is 35.2 Å². The first kappa shape index (κ1) is 21.5. The van der Waals surface area contributed by atoms with Gasteiger partial charge >= 0.3 is 6.09 Å². The van der Waals surface area contributed by atoms with Gasteiger partial charge in [-0.15, -0.1) is 0 Å². The Bertz CT molecular complexity index is 1110. The molecule has 3 aromatic heterocycles. The molecule has 9 heteroatoms. The van der Waals surface area contributed by atoms with Crippen LogP contribution >= 0.6 is 11.6 Å². The normalized spacial score (nSPS) is 15.5. The van der Waals surface area contributed by atoms with Crippen LogP contribution in [0.1, 0.15) is 45.3 Å². The lowest BCUT2D eigenvalue weighted by Gasteiger charge is -2.33. The first-order valence-electron chi connectivity index (χ1n) is 10.4. The highest BCUT2D eigenvalue weighted by molar-refractivity contribution is 6.34. The summed E-state index contributed by atoms with van der Waals surface area (Å²) in [5.74, 6) is 0.665. The number of nitrogens with zero attached hydrogens (tertiary/aromatic N) is 5. The second-order valence-electron chi connectivity index (χ2n) is 8.87. The molecule has 0 aliphatic carbocycles. The van der Waals surface area contributed by atoms with Gasteiger partial charge in [-0.2, -0.15) is 10.2 Å².